The zero-order chi connectivity index (χ0) is 20.3. The van der Waals surface area contributed by atoms with Crippen LogP contribution in [-0.2, 0) is 16.0 Å². The van der Waals surface area contributed by atoms with E-state index in [1.54, 1.807) is 0 Å². The second-order valence-corrected chi connectivity index (χ2v) is 7.38. The highest BCUT2D eigenvalue weighted by Crippen LogP contribution is 2.15. The van der Waals surface area contributed by atoms with Gasteiger partial charge in [0, 0.05) is 46.0 Å². The third kappa shape index (κ3) is 7.70. The molecule has 2 N–H and O–H groups in total. The molecule has 3 rings (SSSR count). The molecule has 1 aromatic heterocycles. The van der Waals surface area contributed by atoms with Gasteiger partial charge in [-0.2, -0.15) is 0 Å². The SMILES string of the molecule is CCNC(=NCCCn1c(C)nc2ccccc21)NCCCOC1CCOCC1.I. The number of ether oxygens (including phenoxy) is 2. The highest BCUT2D eigenvalue weighted by atomic mass is 127. The van der Waals surface area contributed by atoms with Crippen molar-refractivity contribution in [1.82, 2.24) is 20.2 Å². The fraction of sp³-hybridized carbons (Fsp3) is 0.636. The van der Waals surface area contributed by atoms with Crippen molar-refractivity contribution in [2.75, 3.05) is 39.5 Å². The lowest BCUT2D eigenvalue weighted by molar-refractivity contribution is -0.0320. The van der Waals surface area contributed by atoms with E-state index in [1.807, 2.05) is 6.07 Å². The predicted octanol–water partition coefficient (Wildman–Crippen LogP) is 3.49. The standard InChI is InChI=1S/C22H35N5O2.HI/c1-3-23-22(25-13-7-15-29-19-10-16-28-17-11-19)24-12-6-14-27-18(2)26-20-8-4-5-9-21(20)27;/h4-5,8-9,19H,3,6-7,10-17H2,1-2H3,(H2,23,24,25);1H. The third-order valence-corrected chi connectivity index (χ3v) is 5.13. The van der Waals surface area contributed by atoms with Crippen LogP contribution in [0.25, 0.3) is 11.0 Å². The number of aliphatic imine (C=N–C) groups is 1. The number of imidazole rings is 1. The Morgan fingerprint density at radius 3 is 2.83 bits per heavy atom. The molecule has 0 bridgehead atoms. The lowest BCUT2D eigenvalue weighted by Gasteiger charge is -2.22. The van der Waals surface area contributed by atoms with Crippen molar-refractivity contribution in [2.45, 2.75) is 52.2 Å². The van der Waals surface area contributed by atoms with Crippen molar-refractivity contribution in [3.8, 4) is 0 Å². The van der Waals surface area contributed by atoms with Crippen LogP contribution in [0.1, 0.15) is 38.4 Å². The summed E-state index contributed by atoms with van der Waals surface area (Å²) in [5, 5.41) is 6.73. The quantitative estimate of drug-likeness (QED) is 0.214. The topological polar surface area (TPSA) is 72.7 Å². The first-order valence-electron chi connectivity index (χ1n) is 10.9. The Labute approximate surface area is 197 Å². The maximum Gasteiger partial charge on any atom is 0.191 e. The number of rotatable bonds is 10. The van der Waals surface area contributed by atoms with Gasteiger partial charge in [0.2, 0.25) is 0 Å². The summed E-state index contributed by atoms with van der Waals surface area (Å²) in [6.45, 7) is 10.0. The number of para-hydroxylation sites is 2. The molecule has 0 saturated carbocycles. The van der Waals surface area contributed by atoms with Crippen molar-refractivity contribution >= 4 is 41.0 Å². The largest absolute Gasteiger partial charge is 0.381 e. The Morgan fingerprint density at radius 1 is 1.23 bits per heavy atom. The van der Waals surface area contributed by atoms with E-state index in [0.717, 1.165) is 89.0 Å². The van der Waals surface area contributed by atoms with Gasteiger partial charge in [-0.3, -0.25) is 4.99 Å². The van der Waals surface area contributed by atoms with Crippen molar-refractivity contribution in [3.05, 3.63) is 30.1 Å². The van der Waals surface area contributed by atoms with E-state index in [2.05, 4.69) is 52.2 Å². The molecule has 0 amide bonds. The Hall–Kier alpha value is -1.39. The molecule has 0 aliphatic carbocycles. The first-order chi connectivity index (χ1) is 14.3. The summed E-state index contributed by atoms with van der Waals surface area (Å²) < 4.78 is 13.6. The zero-order valence-corrected chi connectivity index (χ0v) is 20.6. The van der Waals surface area contributed by atoms with Crippen LogP contribution in [-0.4, -0.2) is 61.1 Å². The molecule has 30 heavy (non-hydrogen) atoms. The first kappa shape index (κ1) is 24.9. The van der Waals surface area contributed by atoms with Crippen LogP contribution in [0.15, 0.2) is 29.3 Å². The smallest absolute Gasteiger partial charge is 0.191 e. The molecule has 1 saturated heterocycles. The molecule has 0 spiro atoms. The molecule has 0 atom stereocenters. The lowest BCUT2D eigenvalue weighted by Crippen LogP contribution is -2.38. The van der Waals surface area contributed by atoms with Gasteiger partial charge in [0.05, 0.1) is 17.1 Å². The van der Waals surface area contributed by atoms with Gasteiger partial charge in [-0.05, 0) is 51.7 Å². The maximum atomic E-state index is 5.92. The molecule has 1 aliphatic heterocycles. The average Bonchev–Trinajstić information content (AvgIpc) is 3.06. The van der Waals surface area contributed by atoms with E-state index in [0.29, 0.717) is 6.10 Å². The summed E-state index contributed by atoms with van der Waals surface area (Å²) >= 11 is 0. The summed E-state index contributed by atoms with van der Waals surface area (Å²) in [6, 6.07) is 8.30. The molecule has 2 aromatic rings. The number of nitrogens with one attached hydrogen (secondary N) is 2. The molecule has 0 unspecified atom stereocenters. The molecular formula is C22H36IN5O2. The fourth-order valence-electron chi connectivity index (χ4n) is 3.61. The van der Waals surface area contributed by atoms with Gasteiger partial charge < -0.3 is 24.7 Å². The van der Waals surface area contributed by atoms with E-state index in [-0.39, 0.29) is 24.0 Å². The van der Waals surface area contributed by atoms with Gasteiger partial charge in [-0.1, -0.05) is 12.1 Å². The summed E-state index contributed by atoms with van der Waals surface area (Å²) in [5.41, 5.74) is 2.26. The Morgan fingerprint density at radius 2 is 2.03 bits per heavy atom. The summed E-state index contributed by atoms with van der Waals surface area (Å²) in [5.74, 6) is 1.94. The van der Waals surface area contributed by atoms with Crippen LogP contribution < -0.4 is 10.6 Å². The molecule has 2 heterocycles. The van der Waals surface area contributed by atoms with Crippen molar-refractivity contribution in [3.63, 3.8) is 0 Å². The number of benzene rings is 1. The predicted molar refractivity (Wildman–Crippen MR) is 133 cm³/mol. The number of guanidine groups is 1. The van der Waals surface area contributed by atoms with Gasteiger partial charge >= 0.3 is 0 Å². The fourth-order valence-corrected chi connectivity index (χ4v) is 3.61. The number of halogens is 1. The van der Waals surface area contributed by atoms with Crippen LogP contribution >= 0.6 is 24.0 Å². The lowest BCUT2D eigenvalue weighted by atomic mass is 10.1. The maximum absolute atomic E-state index is 5.92. The number of fused-ring (bicyclic) bond motifs is 1. The van der Waals surface area contributed by atoms with E-state index >= 15 is 0 Å². The molecule has 1 fully saturated rings. The van der Waals surface area contributed by atoms with Crippen LogP contribution in [0.2, 0.25) is 0 Å². The minimum Gasteiger partial charge on any atom is -0.381 e. The number of aryl methyl sites for hydroxylation is 2. The molecule has 8 heteroatoms. The molecule has 1 aliphatic rings. The minimum absolute atomic E-state index is 0. The normalized spacial score (nSPS) is 15.2. The molecular weight excluding hydrogens is 493 g/mol. The summed E-state index contributed by atoms with van der Waals surface area (Å²) in [4.78, 5) is 9.35. The second-order valence-electron chi connectivity index (χ2n) is 7.38. The van der Waals surface area contributed by atoms with Crippen LogP contribution in [0.3, 0.4) is 0 Å². The van der Waals surface area contributed by atoms with E-state index < -0.39 is 0 Å². The molecule has 7 nitrogen and oxygen atoms in total. The summed E-state index contributed by atoms with van der Waals surface area (Å²) in [7, 11) is 0. The Kier molecular flexibility index (Phi) is 11.5. The van der Waals surface area contributed by atoms with Gasteiger partial charge in [0.1, 0.15) is 5.82 Å². The van der Waals surface area contributed by atoms with Crippen LogP contribution in [0, 0.1) is 6.92 Å². The Bertz CT molecular complexity index is 774. The summed E-state index contributed by atoms with van der Waals surface area (Å²) in [6.07, 6.45) is 4.35. The van der Waals surface area contributed by atoms with E-state index in [9.17, 15) is 0 Å². The molecule has 1 aromatic carbocycles. The number of hydrogen-bond acceptors (Lipinski definition) is 4. The van der Waals surface area contributed by atoms with Crippen molar-refractivity contribution in [2.24, 2.45) is 4.99 Å². The van der Waals surface area contributed by atoms with Gasteiger partial charge in [-0.25, -0.2) is 4.98 Å². The van der Waals surface area contributed by atoms with Crippen LogP contribution in [0.4, 0.5) is 0 Å². The minimum atomic E-state index is 0. The van der Waals surface area contributed by atoms with E-state index in [4.69, 9.17) is 14.5 Å². The second kappa shape index (κ2) is 13.8. The molecule has 0 radical (unpaired) electrons. The first-order valence-corrected chi connectivity index (χ1v) is 10.9. The third-order valence-electron chi connectivity index (χ3n) is 5.13. The number of aromatic nitrogens is 2. The number of hydrogen-bond donors (Lipinski definition) is 2. The van der Waals surface area contributed by atoms with Crippen LogP contribution in [0.5, 0.6) is 0 Å². The monoisotopic (exact) mass is 529 g/mol. The average molecular weight is 529 g/mol. The van der Waals surface area contributed by atoms with Gasteiger partial charge in [0.15, 0.2) is 5.96 Å². The van der Waals surface area contributed by atoms with E-state index in [1.165, 1.54) is 5.52 Å². The van der Waals surface area contributed by atoms with Gasteiger partial charge in [0.25, 0.3) is 0 Å². The van der Waals surface area contributed by atoms with Gasteiger partial charge in [-0.15, -0.1) is 24.0 Å². The number of nitrogens with zero attached hydrogens (tertiary/aromatic N) is 3. The highest BCUT2D eigenvalue weighted by molar-refractivity contribution is 14.0. The molecule has 168 valence electrons. The van der Waals surface area contributed by atoms with Crippen molar-refractivity contribution in [1.29, 1.82) is 0 Å². The Balaban J connectivity index is 0.00000320. The highest BCUT2D eigenvalue weighted by Gasteiger charge is 2.13. The zero-order valence-electron chi connectivity index (χ0n) is 18.2. The van der Waals surface area contributed by atoms with Crippen molar-refractivity contribution < 1.29 is 9.47 Å².